The third-order valence-electron chi connectivity index (χ3n) is 3.78. The molecule has 0 aliphatic heterocycles. The fourth-order valence-corrected chi connectivity index (χ4v) is 3.89. The summed E-state index contributed by atoms with van der Waals surface area (Å²) >= 11 is 0. The second-order valence-electron chi connectivity index (χ2n) is 5.93. The number of benzene rings is 2. The van der Waals surface area contributed by atoms with Crippen LogP contribution in [0.15, 0.2) is 53.4 Å². The second kappa shape index (κ2) is 8.20. The van der Waals surface area contributed by atoms with E-state index in [9.17, 15) is 8.42 Å². The highest BCUT2D eigenvalue weighted by Gasteiger charge is 2.18. The van der Waals surface area contributed by atoms with Gasteiger partial charge in [0.05, 0.1) is 16.3 Å². The summed E-state index contributed by atoms with van der Waals surface area (Å²) in [5, 5.41) is 0. The molecule has 1 N–H and O–H groups in total. The number of nitrogens with one attached hydrogen (secondary N) is 1. The summed E-state index contributed by atoms with van der Waals surface area (Å²) in [6.07, 6.45) is 2.03. The van der Waals surface area contributed by atoms with Crippen LogP contribution in [0.3, 0.4) is 0 Å². The summed E-state index contributed by atoms with van der Waals surface area (Å²) in [5.41, 5.74) is 2.48. The normalized spacial score (nSPS) is 11.3. The Kier molecular flexibility index (Phi) is 6.26. The molecular formula is C19H26N2O2S. The van der Waals surface area contributed by atoms with Gasteiger partial charge in [-0.1, -0.05) is 38.1 Å². The Bertz CT molecular complexity index is 766. The maximum Gasteiger partial charge on any atom is 0.261 e. The van der Waals surface area contributed by atoms with E-state index in [4.69, 9.17) is 0 Å². The van der Waals surface area contributed by atoms with Gasteiger partial charge in [0.15, 0.2) is 0 Å². The third kappa shape index (κ3) is 4.51. The first-order valence-electron chi connectivity index (χ1n) is 8.41. The Morgan fingerprint density at radius 2 is 1.62 bits per heavy atom. The Labute approximate surface area is 145 Å². The molecule has 0 unspecified atom stereocenters. The van der Waals surface area contributed by atoms with Crippen LogP contribution in [-0.2, 0) is 10.0 Å². The standard InChI is InChI=1S/C19H26N2O2S/c1-4-13-21(14-5-2)19-12-7-6-11-18(19)20-24(22,23)17-10-8-9-16(3)15-17/h6-12,15,20H,4-5,13-14H2,1-3H3. The first kappa shape index (κ1) is 18.3. The van der Waals surface area contributed by atoms with E-state index in [-0.39, 0.29) is 4.90 Å². The number of hydrogen-bond donors (Lipinski definition) is 1. The number of anilines is 2. The summed E-state index contributed by atoms with van der Waals surface area (Å²) in [4.78, 5) is 2.52. The van der Waals surface area contributed by atoms with Gasteiger partial charge in [0, 0.05) is 13.1 Å². The van der Waals surface area contributed by atoms with E-state index in [2.05, 4.69) is 23.5 Å². The molecule has 0 aliphatic carbocycles. The van der Waals surface area contributed by atoms with Crippen LogP contribution in [0.1, 0.15) is 32.3 Å². The molecule has 0 heterocycles. The summed E-state index contributed by atoms with van der Waals surface area (Å²) < 4.78 is 28.2. The molecule has 0 aliphatic rings. The highest BCUT2D eigenvalue weighted by Crippen LogP contribution is 2.28. The number of rotatable bonds is 8. The van der Waals surface area contributed by atoms with Crippen LogP contribution in [0.25, 0.3) is 0 Å². The topological polar surface area (TPSA) is 49.4 Å². The molecule has 0 bridgehead atoms. The van der Waals surface area contributed by atoms with Gasteiger partial charge in [-0.3, -0.25) is 4.72 Å². The molecule has 0 saturated carbocycles. The Balaban J connectivity index is 2.36. The van der Waals surface area contributed by atoms with Crippen molar-refractivity contribution in [2.24, 2.45) is 0 Å². The van der Waals surface area contributed by atoms with E-state index < -0.39 is 10.0 Å². The summed E-state index contributed by atoms with van der Waals surface area (Å²) in [6, 6.07) is 14.5. The summed E-state index contributed by atoms with van der Waals surface area (Å²) in [7, 11) is -3.60. The zero-order valence-corrected chi connectivity index (χ0v) is 15.4. The molecule has 2 rings (SSSR count). The second-order valence-corrected chi connectivity index (χ2v) is 7.61. The number of sulfonamides is 1. The fraction of sp³-hybridized carbons (Fsp3) is 0.368. The molecule has 0 aromatic heterocycles. The van der Waals surface area contributed by atoms with Gasteiger partial charge >= 0.3 is 0 Å². The minimum Gasteiger partial charge on any atom is -0.370 e. The van der Waals surface area contributed by atoms with E-state index in [1.807, 2.05) is 37.3 Å². The highest BCUT2D eigenvalue weighted by molar-refractivity contribution is 7.92. The van der Waals surface area contributed by atoms with Crippen LogP contribution < -0.4 is 9.62 Å². The van der Waals surface area contributed by atoms with Gasteiger partial charge in [-0.25, -0.2) is 8.42 Å². The number of hydrogen-bond acceptors (Lipinski definition) is 3. The van der Waals surface area contributed by atoms with Crippen molar-refractivity contribution < 1.29 is 8.42 Å². The molecule has 0 radical (unpaired) electrons. The van der Waals surface area contributed by atoms with Gasteiger partial charge in [-0.2, -0.15) is 0 Å². The molecule has 2 aromatic carbocycles. The van der Waals surface area contributed by atoms with Crippen molar-refractivity contribution in [1.82, 2.24) is 0 Å². The lowest BCUT2D eigenvalue weighted by atomic mass is 10.2. The minimum absolute atomic E-state index is 0.287. The van der Waals surface area contributed by atoms with E-state index in [0.29, 0.717) is 5.69 Å². The van der Waals surface area contributed by atoms with E-state index in [0.717, 1.165) is 37.2 Å². The number of para-hydroxylation sites is 2. The van der Waals surface area contributed by atoms with Crippen LogP contribution in [0.2, 0.25) is 0 Å². The fourth-order valence-electron chi connectivity index (χ4n) is 2.71. The summed E-state index contributed by atoms with van der Waals surface area (Å²) in [6.45, 7) is 7.94. The van der Waals surface area contributed by atoms with Crippen LogP contribution >= 0.6 is 0 Å². The van der Waals surface area contributed by atoms with Crippen molar-refractivity contribution in [1.29, 1.82) is 0 Å². The van der Waals surface area contributed by atoms with Crippen molar-refractivity contribution in [2.75, 3.05) is 22.7 Å². The third-order valence-corrected chi connectivity index (χ3v) is 5.14. The lowest BCUT2D eigenvalue weighted by Gasteiger charge is -2.26. The van der Waals surface area contributed by atoms with Crippen LogP contribution in [0.5, 0.6) is 0 Å². The van der Waals surface area contributed by atoms with Crippen molar-refractivity contribution in [3.63, 3.8) is 0 Å². The Hall–Kier alpha value is -2.01. The first-order valence-corrected chi connectivity index (χ1v) is 9.89. The molecule has 0 fully saturated rings. The molecule has 4 nitrogen and oxygen atoms in total. The van der Waals surface area contributed by atoms with Crippen LogP contribution in [0, 0.1) is 6.92 Å². The average Bonchev–Trinajstić information content (AvgIpc) is 2.55. The Morgan fingerprint density at radius 1 is 0.958 bits per heavy atom. The van der Waals surface area contributed by atoms with Gasteiger partial charge in [0.1, 0.15) is 0 Å². The van der Waals surface area contributed by atoms with Gasteiger partial charge in [-0.05, 0) is 49.6 Å². The Morgan fingerprint density at radius 3 is 2.25 bits per heavy atom. The molecule has 24 heavy (non-hydrogen) atoms. The van der Waals surface area contributed by atoms with Gasteiger partial charge in [0.25, 0.3) is 10.0 Å². The highest BCUT2D eigenvalue weighted by atomic mass is 32.2. The molecule has 2 aromatic rings. The quantitative estimate of drug-likeness (QED) is 0.769. The predicted molar refractivity (Wildman–Crippen MR) is 101 cm³/mol. The van der Waals surface area contributed by atoms with E-state index in [1.165, 1.54) is 0 Å². The molecular weight excluding hydrogens is 320 g/mol. The zero-order valence-electron chi connectivity index (χ0n) is 14.6. The van der Waals surface area contributed by atoms with E-state index in [1.54, 1.807) is 18.2 Å². The maximum atomic E-state index is 12.7. The molecule has 0 saturated heterocycles. The van der Waals surface area contributed by atoms with Gasteiger partial charge in [0.2, 0.25) is 0 Å². The molecule has 130 valence electrons. The van der Waals surface area contributed by atoms with Gasteiger partial charge < -0.3 is 4.90 Å². The van der Waals surface area contributed by atoms with E-state index >= 15 is 0 Å². The average molecular weight is 346 g/mol. The molecule has 5 heteroatoms. The summed E-state index contributed by atoms with van der Waals surface area (Å²) in [5.74, 6) is 0. The molecule has 0 atom stereocenters. The monoisotopic (exact) mass is 346 g/mol. The minimum atomic E-state index is -3.60. The molecule has 0 spiro atoms. The predicted octanol–water partition coefficient (Wildman–Crippen LogP) is 4.42. The zero-order chi connectivity index (χ0) is 17.6. The number of nitrogens with zero attached hydrogens (tertiary/aromatic N) is 1. The van der Waals surface area contributed by atoms with Gasteiger partial charge in [-0.15, -0.1) is 0 Å². The van der Waals surface area contributed by atoms with Crippen LogP contribution in [0.4, 0.5) is 11.4 Å². The van der Waals surface area contributed by atoms with Crippen molar-refractivity contribution in [3.8, 4) is 0 Å². The lowest BCUT2D eigenvalue weighted by Crippen LogP contribution is -2.26. The van der Waals surface area contributed by atoms with Crippen LogP contribution in [-0.4, -0.2) is 21.5 Å². The van der Waals surface area contributed by atoms with Crippen molar-refractivity contribution >= 4 is 21.4 Å². The maximum absolute atomic E-state index is 12.7. The largest absolute Gasteiger partial charge is 0.370 e. The lowest BCUT2D eigenvalue weighted by molar-refractivity contribution is 0.601. The van der Waals surface area contributed by atoms with Crippen molar-refractivity contribution in [3.05, 3.63) is 54.1 Å². The first-order chi connectivity index (χ1) is 11.5. The smallest absolute Gasteiger partial charge is 0.261 e. The van der Waals surface area contributed by atoms with Crippen molar-refractivity contribution in [2.45, 2.75) is 38.5 Å². The SMILES string of the molecule is CCCN(CCC)c1ccccc1NS(=O)(=O)c1cccc(C)c1. The number of aryl methyl sites for hydroxylation is 1. The molecule has 0 amide bonds.